The van der Waals surface area contributed by atoms with Crippen LogP contribution < -0.4 is 5.32 Å². The number of amides is 2. The first-order valence-electron chi connectivity index (χ1n) is 8.37. The lowest BCUT2D eigenvalue weighted by Gasteiger charge is -2.53. The average Bonchev–Trinajstić information content (AvgIpc) is 2.57. The number of alkyl halides is 1. The van der Waals surface area contributed by atoms with Gasteiger partial charge in [-0.05, 0) is 56.0 Å². The lowest BCUT2D eigenvalue weighted by molar-refractivity contribution is -0.0202. The Labute approximate surface area is 140 Å². The monoisotopic (exact) mass is 325 g/mol. The molecule has 2 aliphatic heterocycles. The van der Waals surface area contributed by atoms with E-state index in [0.29, 0.717) is 12.8 Å². The summed E-state index contributed by atoms with van der Waals surface area (Å²) in [7, 11) is 0. The second-order valence-corrected chi connectivity index (χ2v) is 6.69. The van der Waals surface area contributed by atoms with Gasteiger partial charge in [-0.1, -0.05) is 12.1 Å². The van der Waals surface area contributed by atoms with Gasteiger partial charge in [-0.25, -0.2) is 9.18 Å². The lowest BCUT2D eigenvalue weighted by atomic mass is 9.79. The Balaban J connectivity index is 1.52. The molecule has 0 radical (unpaired) electrons. The summed E-state index contributed by atoms with van der Waals surface area (Å²) < 4.78 is 13.4. The van der Waals surface area contributed by atoms with Gasteiger partial charge < -0.3 is 10.2 Å². The zero-order valence-electron chi connectivity index (χ0n) is 13.6. The minimum Gasteiger partial charge on any atom is -0.318 e. The van der Waals surface area contributed by atoms with Crippen molar-refractivity contribution in [3.8, 4) is 11.3 Å². The number of anilines is 1. The molecule has 2 saturated heterocycles. The number of benzene rings is 1. The minimum atomic E-state index is -0.757. The summed E-state index contributed by atoms with van der Waals surface area (Å²) in [6.07, 6.45) is 2.87. The van der Waals surface area contributed by atoms with Crippen molar-refractivity contribution in [2.24, 2.45) is 0 Å². The van der Waals surface area contributed by atoms with E-state index in [9.17, 15) is 9.18 Å². The van der Waals surface area contributed by atoms with Crippen molar-refractivity contribution >= 4 is 11.7 Å². The number of fused-ring (bicyclic) bond motifs is 2. The fraction of sp³-hybridized carbons (Fsp3) is 0.368. The van der Waals surface area contributed by atoms with E-state index in [4.69, 9.17) is 0 Å². The van der Waals surface area contributed by atoms with Crippen LogP contribution in [0.4, 0.5) is 14.9 Å². The van der Waals surface area contributed by atoms with Crippen LogP contribution in [0.1, 0.15) is 24.8 Å². The maximum absolute atomic E-state index is 13.4. The van der Waals surface area contributed by atoms with E-state index in [1.165, 1.54) is 0 Å². The molecule has 0 saturated carbocycles. The number of aromatic nitrogens is 1. The molecule has 0 aliphatic carbocycles. The van der Waals surface area contributed by atoms with E-state index in [1.807, 2.05) is 43.3 Å². The van der Waals surface area contributed by atoms with Gasteiger partial charge in [0.15, 0.2) is 0 Å². The summed E-state index contributed by atoms with van der Waals surface area (Å²) in [4.78, 5) is 18.7. The van der Waals surface area contributed by atoms with Gasteiger partial charge in [0.25, 0.3) is 0 Å². The van der Waals surface area contributed by atoms with Crippen molar-refractivity contribution in [2.45, 2.75) is 44.4 Å². The number of carbonyl (C=O) groups excluding carboxylic acids is 1. The standard InChI is InChI=1S/C19H20FN3O/c1-12-5-6-14(10-17(12)18-4-2-3-7-21-18)22-19(24)23-15-8-13(20)9-16(23)11-15/h2-7,10,13,15-16H,8-9,11H2,1H3,(H,22,24)/t13?,15-,16?/m1/s1. The zero-order valence-corrected chi connectivity index (χ0v) is 13.6. The summed E-state index contributed by atoms with van der Waals surface area (Å²) >= 11 is 0. The van der Waals surface area contributed by atoms with Crippen molar-refractivity contribution in [3.63, 3.8) is 0 Å². The number of halogens is 1. The maximum atomic E-state index is 13.4. The summed E-state index contributed by atoms with van der Waals surface area (Å²) in [6.45, 7) is 2.02. The van der Waals surface area contributed by atoms with Crippen LogP contribution in [-0.4, -0.2) is 34.2 Å². The molecule has 1 aromatic carbocycles. The predicted octanol–water partition coefficient (Wildman–Crippen LogP) is 4.16. The second-order valence-electron chi connectivity index (χ2n) is 6.69. The molecule has 1 aromatic heterocycles. The Morgan fingerprint density at radius 1 is 1.21 bits per heavy atom. The molecule has 1 N–H and O–H groups in total. The SMILES string of the molecule is Cc1ccc(NC(=O)N2C3CC(F)C[C@@H]2C3)cc1-c1ccccn1. The van der Waals surface area contributed by atoms with E-state index in [0.717, 1.165) is 28.9 Å². The molecule has 3 heterocycles. The molecule has 4 rings (SSSR count). The molecule has 3 atom stereocenters. The van der Waals surface area contributed by atoms with Crippen LogP contribution in [0.5, 0.6) is 0 Å². The van der Waals surface area contributed by atoms with Crippen molar-refractivity contribution < 1.29 is 9.18 Å². The van der Waals surface area contributed by atoms with E-state index in [-0.39, 0.29) is 18.1 Å². The number of urea groups is 1. The van der Waals surface area contributed by atoms with Gasteiger partial charge in [0.1, 0.15) is 6.17 Å². The molecule has 0 spiro atoms. The topological polar surface area (TPSA) is 45.2 Å². The highest BCUT2D eigenvalue weighted by Gasteiger charge is 2.48. The molecule has 2 aliphatic rings. The number of pyridine rings is 1. The fourth-order valence-corrected chi connectivity index (χ4v) is 3.83. The van der Waals surface area contributed by atoms with Crippen molar-refractivity contribution in [3.05, 3.63) is 48.2 Å². The van der Waals surface area contributed by atoms with Crippen molar-refractivity contribution in [1.29, 1.82) is 0 Å². The largest absolute Gasteiger partial charge is 0.322 e. The van der Waals surface area contributed by atoms with Gasteiger partial charge in [-0.3, -0.25) is 4.98 Å². The van der Waals surface area contributed by atoms with Crippen LogP contribution in [0.15, 0.2) is 42.6 Å². The highest BCUT2D eigenvalue weighted by Crippen LogP contribution is 2.40. The van der Waals surface area contributed by atoms with Gasteiger partial charge in [0.05, 0.1) is 5.69 Å². The van der Waals surface area contributed by atoms with Crippen molar-refractivity contribution in [2.75, 3.05) is 5.32 Å². The van der Waals surface area contributed by atoms with Gasteiger partial charge in [-0.15, -0.1) is 0 Å². The third-order valence-electron chi connectivity index (χ3n) is 5.05. The molecule has 2 amide bonds. The van der Waals surface area contributed by atoms with Gasteiger partial charge >= 0.3 is 6.03 Å². The molecule has 2 aromatic rings. The smallest absolute Gasteiger partial charge is 0.318 e. The number of hydrogen-bond donors (Lipinski definition) is 1. The zero-order chi connectivity index (χ0) is 16.7. The average molecular weight is 325 g/mol. The van der Waals surface area contributed by atoms with E-state index >= 15 is 0 Å². The number of hydrogen-bond acceptors (Lipinski definition) is 2. The molecular weight excluding hydrogens is 305 g/mol. The van der Waals surface area contributed by atoms with E-state index in [1.54, 1.807) is 11.1 Å². The Kier molecular flexibility index (Phi) is 3.71. The predicted molar refractivity (Wildman–Crippen MR) is 91.6 cm³/mol. The van der Waals surface area contributed by atoms with Gasteiger partial charge in [0, 0.05) is 29.5 Å². The second kappa shape index (κ2) is 5.89. The third-order valence-corrected chi connectivity index (χ3v) is 5.05. The number of nitrogens with one attached hydrogen (secondary N) is 1. The molecule has 2 unspecified atom stereocenters. The number of piperidine rings is 1. The lowest BCUT2D eigenvalue weighted by Crippen LogP contribution is -2.64. The summed E-state index contributed by atoms with van der Waals surface area (Å²) in [5, 5.41) is 2.96. The van der Waals surface area contributed by atoms with E-state index < -0.39 is 6.17 Å². The molecule has 2 fully saturated rings. The van der Waals surface area contributed by atoms with Crippen LogP contribution in [0.2, 0.25) is 0 Å². The third kappa shape index (κ3) is 2.64. The normalized spacial score (nSPS) is 25.1. The minimum absolute atomic E-state index is 0.0551. The number of nitrogens with zero attached hydrogens (tertiary/aromatic N) is 2. The summed E-state index contributed by atoms with van der Waals surface area (Å²) in [5.74, 6) is 0. The number of aryl methyl sites for hydroxylation is 1. The van der Waals surface area contributed by atoms with Gasteiger partial charge in [0.2, 0.25) is 0 Å². The quantitative estimate of drug-likeness (QED) is 0.901. The summed E-state index contributed by atoms with van der Waals surface area (Å²) in [5.41, 5.74) is 3.73. The first-order valence-corrected chi connectivity index (χ1v) is 8.37. The van der Waals surface area contributed by atoms with Crippen LogP contribution in [-0.2, 0) is 0 Å². The van der Waals surface area contributed by atoms with E-state index in [2.05, 4.69) is 10.3 Å². The number of rotatable bonds is 2. The molecule has 24 heavy (non-hydrogen) atoms. The molecular formula is C19H20FN3O. The Hall–Kier alpha value is -2.43. The Morgan fingerprint density at radius 2 is 2.00 bits per heavy atom. The molecule has 5 heteroatoms. The van der Waals surface area contributed by atoms with Crippen LogP contribution in [0, 0.1) is 6.92 Å². The maximum Gasteiger partial charge on any atom is 0.322 e. The Bertz CT molecular complexity index is 752. The number of carbonyl (C=O) groups is 1. The molecule has 2 bridgehead atoms. The molecule has 124 valence electrons. The summed E-state index contributed by atoms with van der Waals surface area (Å²) in [6, 6.07) is 11.6. The highest BCUT2D eigenvalue weighted by molar-refractivity contribution is 5.91. The van der Waals surface area contributed by atoms with Crippen LogP contribution in [0.25, 0.3) is 11.3 Å². The first kappa shape index (κ1) is 15.1. The Morgan fingerprint density at radius 3 is 2.71 bits per heavy atom. The van der Waals surface area contributed by atoms with Crippen LogP contribution in [0.3, 0.4) is 0 Å². The first-order chi connectivity index (χ1) is 11.6. The molecule has 4 nitrogen and oxygen atoms in total. The van der Waals surface area contributed by atoms with Gasteiger partial charge in [-0.2, -0.15) is 0 Å². The highest BCUT2D eigenvalue weighted by atomic mass is 19.1. The van der Waals surface area contributed by atoms with Crippen LogP contribution >= 0.6 is 0 Å². The fourth-order valence-electron chi connectivity index (χ4n) is 3.83. The van der Waals surface area contributed by atoms with Crippen molar-refractivity contribution in [1.82, 2.24) is 9.88 Å².